The Labute approximate surface area is 143 Å². The first kappa shape index (κ1) is 17.8. The highest BCUT2D eigenvalue weighted by Crippen LogP contribution is 2.11. The predicted octanol–water partition coefficient (Wildman–Crippen LogP) is 2.35. The molecule has 0 spiro atoms. The summed E-state index contributed by atoms with van der Waals surface area (Å²) in [7, 11) is 1.67. The number of benzene rings is 1. The maximum atomic E-state index is 5.17. The largest absolute Gasteiger partial charge is 0.497 e. The Kier molecular flexibility index (Phi) is 7.14. The van der Waals surface area contributed by atoms with Gasteiger partial charge in [-0.2, -0.15) is 5.10 Å². The summed E-state index contributed by atoms with van der Waals surface area (Å²) in [5.41, 5.74) is 2.34. The van der Waals surface area contributed by atoms with Gasteiger partial charge in [-0.05, 0) is 43.5 Å². The predicted molar refractivity (Wildman–Crippen MR) is 97.4 cm³/mol. The maximum absolute atomic E-state index is 5.17. The van der Waals surface area contributed by atoms with Crippen molar-refractivity contribution in [3.63, 3.8) is 0 Å². The number of methoxy groups -OCH3 is 1. The smallest absolute Gasteiger partial charge is 0.191 e. The van der Waals surface area contributed by atoms with Crippen LogP contribution in [-0.2, 0) is 13.1 Å². The van der Waals surface area contributed by atoms with Crippen molar-refractivity contribution in [1.29, 1.82) is 0 Å². The molecule has 0 saturated carbocycles. The van der Waals surface area contributed by atoms with Crippen molar-refractivity contribution < 1.29 is 4.74 Å². The number of ether oxygens (including phenoxy) is 1. The van der Waals surface area contributed by atoms with E-state index in [2.05, 4.69) is 40.8 Å². The SMILES string of the molecule is CCNC(=NCc1ccc(OC)cc1)NCCCn1cc(C)cn1. The summed E-state index contributed by atoms with van der Waals surface area (Å²) >= 11 is 0. The number of aliphatic imine (C=N–C) groups is 1. The lowest BCUT2D eigenvalue weighted by Gasteiger charge is -2.11. The van der Waals surface area contributed by atoms with Crippen LogP contribution in [0.1, 0.15) is 24.5 Å². The zero-order valence-corrected chi connectivity index (χ0v) is 14.7. The molecular weight excluding hydrogens is 302 g/mol. The summed E-state index contributed by atoms with van der Waals surface area (Å²) in [4.78, 5) is 4.62. The van der Waals surface area contributed by atoms with Crippen molar-refractivity contribution in [1.82, 2.24) is 20.4 Å². The van der Waals surface area contributed by atoms with Crippen LogP contribution < -0.4 is 15.4 Å². The Balaban J connectivity index is 1.78. The minimum atomic E-state index is 0.637. The Hall–Kier alpha value is -2.50. The average Bonchev–Trinajstić information content (AvgIpc) is 3.02. The molecule has 0 atom stereocenters. The molecule has 0 aliphatic rings. The third-order valence-electron chi connectivity index (χ3n) is 3.54. The summed E-state index contributed by atoms with van der Waals surface area (Å²) in [6.07, 6.45) is 4.94. The van der Waals surface area contributed by atoms with E-state index in [1.165, 1.54) is 5.56 Å². The van der Waals surface area contributed by atoms with E-state index in [-0.39, 0.29) is 0 Å². The minimum absolute atomic E-state index is 0.637. The molecule has 0 saturated heterocycles. The van der Waals surface area contributed by atoms with Crippen molar-refractivity contribution in [2.24, 2.45) is 4.99 Å². The van der Waals surface area contributed by atoms with Gasteiger partial charge in [0.2, 0.25) is 0 Å². The van der Waals surface area contributed by atoms with Gasteiger partial charge in [0.25, 0.3) is 0 Å². The second-order valence-corrected chi connectivity index (χ2v) is 5.60. The molecule has 0 amide bonds. The van der Waals surface area contributed by atoms with Crippen LogP contribution in [0.5, 0.6) is 5.75 Å². The molecule has 24 heavy (non-hydrogen) atoms. The van der Waals surface area contributed by atoms with E-state index < -0.39 is 0 Å². The molecule has 6 heteroatoms. The molecule has 0 bridgehead atoms. The van der Waals surface area contributed by atoms with Gasteiger partial charge in [0, 0.05) is 25.8 Å². The Morgan fingerprint density at radius 3 is 2.67 bits per heavy atom. The fraction of sp³-hybridized carbons (Fsp3) is 0.444. The molecule has 2 rings (SSSR count). The lowest BCUT2D eigenvalue weighted by molar-refractivity contribution is 0.414. The lowest BCUT2D eigenvalue weighted by atomic mass is 10.2. The lowest BCUT2D eigenvalue weighted by Crippen LogP contribution is -2.38. The fourth-order valence-corrected chi connectivity index (χ4v) is 2.28. The molecule has 1 aromatic carbocycles. The molecular formula is C18H27N5O. The van der Waals surface area contributed by atoms with Gasteiger partial charge in [0.1, 0.15) is 5.75 Å². The number of aryl methyl sites for hydroxylation is 2. The van der Waals surface area contributed by atoms with E-state index in [1.54, 1.807) is 7.11 Å². The second-order valence-electron chi connectivity index (χ2n) is 5.60. The van der Waals surface area contributed by atoms with Gasteiger partial charge in [-0.3, -0.25) is 4.68 Å². The molecule has 1 heterocycles. The number of rotatable bonds is 8. The molecule has 6 nitrogen and oxygen atoms in total. The Morgan fingerprint density at radius 2 is 2.04 bits per heavy atom. The first-order valence-corrected chi connectivity index (χ1v) is 8.35. The van der Waals surface area contributed by atoms with E-state index in [9.17, 15) is 0 Å². The highest BCUT2D eigenvalue weighted by atomic mass is 16.5. The Morgan fingerprint density at radius 1 is 1.25 bits per heavy atom. The molecule has 2 aromatic rings. The van der Waals surface area contributed by atoms with Crippen molar-refractivity contribution in [3.05, 3.63) is 47.8 Å². The number of hydrogen-bond acceptors (Lipinski definition) is 3. The monoisotopic (exact) mass is 329 g/mol. The van der Waals surface area contributed by atoms with E-state index in [1.807, 2.05) is 35.1 Å². The molecule has 1 aromatic heterocycles. The van der Waals surface area contributed by atoms with E-state index >= 15 is 0 Å². The first-order valence-electron chi connectivity index (χ1n) is 8.35. The van der Waals surface area contributed by atoms with Gasteiger partial charge in [-0.15, -0.1) is 0 Å². The van der Waals surface area contributed by atoms with E-state index in [0.717, 1.165) is 43.3 Å². The van der Waals surface area contributed by atoms with Crippen molar-refractivity contribution >= 4 is 5.96 Å². The molecule has 0 aliphatic heterocycles. The molecule has 0 unspecified atom stereocenters. The summed E-state index contributed by atoms with van der Waals surface area (Å²) in [6, 6.07) is 7.98. The van der Waals surface area contributed by atoms with Crippen LogP contribution in [0.4, 0.5) is 0 Å². The summed E-state index contributed by atoms with van der Waals surface area (Å²) in [6.45, 7) is 7.35. The number of aromatic nitrogens is 2. The first-order chi connectivity index (χ1) is 11.7. The molecule has 0 aliphatic carbocycles. The van der Waals surface area contributed by atoms with Crippen LogP contribution in [0.25, 0.3) is 0 Å². The van der Waals surface area contributed by atoms with Gasteiger partial charge in [0.05, 0.1) is 19.9 Å². The fourth-order valence-electron chi connectivity index (χ4n) is 2.28. The van der Waals surface area contributed by atoms with Gasteiger partial charge >= 0.3 is 0 Å². The Bertz CT molecular complexity index is 633. The summed E-state index contributed by atoms with van der Waals surface area (Å²) in [5, 5.41) is 10.9. The zero-order chi connectivity index (χ0) is 17.2. The van der Waals surface area contributed by atoms with Crippen molar-refractivity contribution in [3.8, 4) is 5.75 Å². The van der Waals surface area contributed by atoms with Gasteiger partial charge in [-0.25, -0.2) is 4.99 Å². The van der Waals surface area contributed by atoms with Gasteiger partial charge in [-0.1, -0.05) is 12.1 Å². The van der Waals surface area contributed by atoms with Crippen LogP contribution in [0.2, 0.25) is 0 Å². The minimum Gasteiger partial charge on any atom is -0.497 e. The third-order valence-corrected chi connectivity index (χ3v) is 3.54. The van der Waals surface area contributed by atoms with Crippen LogP contribution in [0.3, 0.4) is 0 Å². The molecule has 2 N–H and O–H groups in total. The van der Waals surface area contributed by atoms with E-state index in [4.69, 9.17) is 4.74 Å². The molecule has 130 valence electrons. The number of nitrogens with zero attached hydrogens (tertiary/aromatic N) is 3. The topological polar surface area (TPSA) is 63.5 Å². The van der Waals surface area contributed by atoms with Crippen LogP contribution in [0, 0.1) is 6.92 Å². The normalized spacial score (nSPS) is 11.4. The number of nitrogens with one attached hydrogen (secondary N) is 2. The summed E-state index contributed by atoms with van der Waals surface area (Å²) < 4.78 is 7.14. The standard InChI is InChI=1S/C18H27N5O/c1-4-19-18(20-10-5-11-23-14-15(2)12-22-23)21-13-16-6-8-17(24-3)9-7-16/h6-9,12,14H,4-5,10-11,13H2,1-3H3,(H2,19,20,21). The molecule has 0 radical (unpaired) electrons. The highest BCUT2D eigenvalue weighted by molar-refractivity contribution is 5.79. The van der Waals surface area contributed by atoms with Crippen LogP contribution >= 0.6 is 0 Å². The van der Waals surface area contributed by atoms with Gasteiger partial charge < -0.3 is 15.4 Å². The molecule has 0 fully saturated rings. The average molecular weight is 329 g/mol. The van der Waals surface area contributed by atoms with Crippen molar-refractivity contribution in [2.45, 2.75) is 33.4 Å². The second kappa shape index (κ2) is 9.60. The van der Waals surface area contributed by atoms with Gasteiger partial charge in [0.15, 0.2) is 5.96 Å². The number of hydrogen-bond donors (Lipinski definition) is 2. The maximum Gasteiger partial charge on any atom is 0.191 e. The quantitative estimate of drug-likeness (QED) is 0.443. The van der Waals surface area contributed by atoms with Crippen molar-refractivity contribution in [2.75, 3.05) is 20.2 Å². The number of guanidine groups is 1. The van der Waals surface area contributed by atoms with Crippen LogP contribution in [0.15, 0.2) is 41.7 Å². The summed E-state index contributed by atoms with van der Waals surface area (Å²) in [5.74, 6) is 1.70. The third kappa shape index (κ3) is 5.95. The van der Waals surface area contributed by atoms with Crippen LogP contribution in [-0.4, -0.2) is 35.9 Å². The zero-order valence-electron chi connectivity index (χ0n) is 14.7. The highest BCUT2D eigenvalue weighted by Gasteiger charge is 1.99. The van der Waals surface area contributed by atoms with E-state index in [0.29, 0.717) is 6.54 Å².